The predicted octanol–water partition coefficient (Wildman–Crippen LogP) is 3.98. The van der Waals surface area contributed by atoms with Gasteiger partial charge in [0, 0.05) is 27.5 Å². The highest BCUT2D eigenvalue weighted by Gasteiger charge is 2.07. The minimum absolute atomic E-state index is 0.773. The van der Waals surface area contributed by atoms with Crippen molar-refractivity contribution < 1.29 is 0 Å². The number of halogens is 1. The van der Waals surface area contributed by atoms with Gasteiger partial charge in [-0.2, -0.15) is 0 Å². The monoisotopic (exact) mass is 284 g/mol. The molecule has 90 valence electrons. The molecule has 0 amide bonds. The fourth-order valence-corrected chi connectivity index (χ4v) is 3.55. The van der Waals surface area contributed by atoms with E-state index in [1.54, 1.807) is 23.1 Å². The fraction of sp³-hybridized carbons (Fsp3) is 0.250. The second-order valence-corrected chi connectivity index (χ2v) is 6.22. The van der Waals surface area contributed by atoms with E-state index in [1.165, 1.54) is 10.5 Å². The van der Waals surface area contributed by atoms with Crippen molar-refractivity contribution in [1.82, 2.24) is 10.3 Å². The second-order valence-electron chi connectivity index (χ2n) is 3.64. The first-order chi connectivity index (χ1) is 8.19. The normalized spacial score (nSPS) is 10.8. The number of aromatic nitrogens is 1. The molecule has 0 aliphatic rings. The van der Waals surface area contributed by atoms with Crippen molar-refractivity contribution in [2.45, 2.75) is 22.7 Å². The van der Waals surface area contributed by atoms with Crippen LogP contribution in [0.1, 0.15) is 11.3 Å². The summed E-state index contributed by atoms with van der Waals surface area (Å²) in [6.07, 6.45) is 0. The summed E-state index contributed by atoms with van der Waals surface area (Å²) in [6, 6.07) is 5.97. The molecular formula is C12H13ClN2S2. The lowest BCUT2D eigenvalue weighted by atomic mass is 10.2. The average molecular weight is 285 g/mol. The van der Waals surface area contributed by atoms with Gasteiger partial charge in [0.25, 0.3) is 0 Å². The lowest BCUT2D eigenvalue weighted by molar-refractivity contribution is 0.803. The van der Waals surface area contributed by atoms with Crippen LogP contribution in [-0.2, 0) is 6.54 Å². The highest BCUT2D eigenvalue weighted by atomic mass is 35.5. The summed E-state index contributed by atoms with van der Waals surface area (Å²) < 4.78 is 1.07. The number of hydrogen-bond donors (Lipinski definition) is 1. The van der Waals surface area contributed by atoms with Gasteiger partial charge in [-0.1, -0.05) is 23.4 Å². The zero-order valence-electron chi connectivity index (χ0n) is 9.66. The van der Waals surface area contributed by atoms with Crippen molar-refractivity contribution in [2.75, 3.05) is 7.05 Å². The quantitative estimate of drug-likeness (QED) is 0.919. The third kappa shape index (κ3) is 3.45. The first-order valence-corrected chi connectivity index (χ1v) is 7.29. The fourth-order valence-electron chi connectivity index (χ4n) is 1.45. The highest BCUT2D eigenvalue weighted by molar-refractivity contribution is 8.01. The van der Waals surface area contributed by atoms with Crippen molar-refractivity contribution in [1.29, 1.82) is 0 Å². The van der Waals surface area contributed by atoms with E-state index >= 15 is 0 Å². The Morgan fingerprint density at radius 2 is 2.29 bits per heavy atom. The third-order valence-corrected chi connectivity index (χ3v) is 4.59. The minimum atomic E-state index is 0.773. The summed E-state index contributed by atoms with van der Waals surface area (Å²) in [5.74, 6) is 0. The molecule has 2 nitrogen and oxygen atoms in total. The third-order valence-electron chi connectivity index (χ3n) is 2.18. The van der Waals surface area contributed by atoms with Crippen molar-refractivity contribution in [3.05, 3.63) is 39.9 Å². The molecule has 2 rings (SSSR count). The minimum Gasteiger partial charge on any atom is -0.316 e. The number of rotatable bonds is 4. The molecule has 0 spiro atoms. The van der Waals surface area contributed by atoms with Crippen molar-refractivity contribution >= 4 is 34.7 Å². The van der Waals surface area contributed by atoms with Crippen LogP contribution >= 0.6 is 34.7 Å². The Morgan fingerprint density at radius 3 is 2.94 bits per heavy atom. The van der Waals surface area contributed by atoms with Crippen LogP contribution in [0.3, 0.4) is 0 Å². The Morgan fingerprint density at radius 1 is 1.47 bits per heavy atom. The molecule has 1 aromatic carbocycles. The van der Waals surface area contributed by atoms with E-state index in [2.05, 4.69) is 21.7 Å². The van der Waals surface area contributed by atoms with Gasteiger partial charge in [0.2, 0.25) is 0 Å². The molecule has 17 heavy (non-hydrogen) atoms. The maximum Gasteiger partial charge on any atom is 0.154 e. The molecule has 1 heterocycles. The summed E-state index contributed by atoms with van der Waals surface area (Å²) in [6.45, 7) is 2.82. The first-order valence-electron chi connectivity index (χ1n) is 5.22. The van der Waals surface area contributed by atoms with Crippen LogP contribution in [0.15, 0.2) is 32.8 Å². The molecular weight excluding hydrogens is 272 g/mol. The van der Waals surface area contributed by atoms with Crippen LogP contribution in [0.2, 0.25) is 5.02 Å². The van der Waals surface area contributed by atoms with E-state index in [0.717, 1.165) is 21.6 Å². The van der Waals surface area contributed by atoms with Crippen molar-refractivity contribution in [2.24, 2.45) is 0 Å². The number of aryl methyl sites for hydroxylation is 1. The predicted molar refractivity (Wildman–Crippen MR) is 75.2 cm³/mol. The molecule has 0 aliphatic carbocycles. The maximum absolute atomic E-state index is 6.01. The van der Waals surface area contributed by atoms with Crippen molar-refractivity contribution in [3.8, 4) is 0 Å². The van der Waals surface area contributed by atoms with Gasteiger partial charge in [-0.25, -0.2) is 4.98 Å². The maximum atomic E-state index is 6.01. The van der Waals surface area contributed by atoms with E-state index < -0.39 is 0 Å². The number of thiazole rings is 1. The van der Waals surface area contributed by atoms with E-state index in [0.29, 0.717) is 0 Å². The van der Waals surface area contributed by atoms with Gasteiger partial charge in [-0.05, 0) is 37.7 Å². The van der Waals surface area contributed by atoms with E-state index in [-0.39, 0.29) is 0 Å². The zero-order valence-corrected chi connectivity index (χ0v) is 12.0. The van der Waals surface area contributed by atoms with Gasteiger partial charge in [-0.15, -0.1) is 11.3 Å². The van der Waals surface area contributed by atoms with Crippen LogP contribution in [0.4, 0.5) is 0 Å². The summed E-state index contributed by atoms with van der Waals surface area (Å²) >= 11 is 9.38. The molecule has 0 atom stereocenters. The smallest absolute Gasteiger partial charge is 0.154 e. The number of benzene rings is 1. The van der Waals surface area contributed by atoms with Crippen LogP contribution in [0.25, 0.3) is 0 Å². The van der Waals surface area contributed by atoms with Crippen LogP contribution in [0, 0.1) is 6.92 Å². The summed E-state index contributed by atoms with van der Waals surface area (Å²) in [7, 11) is 1.93. The van der Waals surface area contributed by atoms with Crippen LogP contribution < -0.4 is 5.32 Å². The van der Waals surface area contributed by atoms with Gasteiger partial charge in [0.1, 0.15) is 0 Å². The molecule has 2 aromatic rings. The van der Waals surface area contributed by atoms with Crippen molar-refractivity contribution in [3.63, 3.8) is 0 Å². The van der Waals surface area contributed by atoms with E-state index in [1.807, 2.05) is 26.1 Å². The number of nitrogens with one attached hydrogen (secondary N) is 1. The SMILES string of the molecule is CNCc1cc(Cl)ccc1Sc1nc(C)cs1. The first kappa shape index (κ1) is 12.9. The molecule has 1 aromatic heterocycles. The standard InChI is InChI=1S/C12H13ClN2S2/c1-8-7-16-12(15-8)17-11-4-3-10(13)5-9(11)6-14-2/h3-5,7,14H,6H2,1-2H3. The summed E-state index contributed by atoms with van der Waals surface area (Å²) in [5, 5.41) is 5.99. The second kappa shape index (κ2) is 5.87. The van der Waals surface area contributed by atoms with Gasteiger partial charge in [0.05, 0.1) is 0 Å². The van der Waals surface area contributed by atoms with Crippen LogP contribution in [-0.4, -0.2) is 12.0 Å². The summed E-state index contributed by atoms with van der Waals surface area (Å²) in [4.78, 5) is 5.66. The molecule has 0 unspecified atom stereocenters. The zero-order chi connectivity index (χ0) is 12.3. The number of hydrogen-bond acceptors (Lipinski definition) is 4. The lowest BCUT2D eigenvalue weighted by Crippen LogP contribution is -2.06. The Kier molecular flexibility index (Phi) is 4.45. The van der Waals surface area contributed by atoms with Gasteiger partial charge in [-0.3, -0.25) is 0 Å². The molecule has 1 N–H and O–H groups in total. The molecule has 5 heteroatoms. The van der Waals surface area contributed by atoms with E-state index in [9.17, 15) is 0 Å². The lowest BCUT2D eigenvalue weighted by Gasteiger charge is -2.07. The van der Waals surface area contributed by atoms with Gasteiger partial charge < -0.3 is 5.32 Å². The molecule has 0 aliphatic heterocycles. The largest absolute Gasteiger partial charge is 0.316 e. The molecule has 0 saturated carbocycles. The van der Waals surface area contributed by atoms with Crippen LogP contribution in [0.5, 0.6) is 0 Å². The molecule has 0 radical (unpaired) electrons. The topological polar surface area (TPSA) is 24.9 Å². The highest BCUT2D eigenvalue weighted by Crippen LogP contribution is 2.33. The Labute approximate surface area is 114 Å². The Hall–Kier alpha value is -0.550. The Bertz CT molecular complexity index is 511. The molecule has 0 saturated heterocycles. The molecule has 0 bridgehead atoms. The Balaban J connectivity index is 2.25. The number of nitrogens with zero attached hydrogens (tertiary/aromatic N) is 1. The van der Waals surface area contributed by atoms with Gasteiger partial charge >= 0.3 is 0 Å². The van der Waals surface area contributed by atoms with Gasteiger partial charge in [0.15, 0.2) is 4.34 Å². The average Bonchev–Trinajstić information content (AvgIpc) is 2.69. The molecule has 0 fully saturated rings. The van der Waals surface area contributed by atoms with E-state index in [4.69, 9.17) is 11.6 Å². The summed E-state index contributed by atoms with van der Waals surface area (Å²) in [5.41, 5.74) is 2.28.